The van der Waals surface area contributed by atoms with Gasteiger partial charge in [0.05, 0.1) is 10.6 Å². The van der Waals surface area contributed by atoms with E-state index in [1.807, 2.05) is 20.8 Å². The maximum absolute atomic E-state index is 12.8. The second kappa shape index (κ2) is 9.02. The Labute approximate surface area is 183 Å². The predicted molar refractivity (Wildman–Crippen MR) is 109 cm³/mol. The minimum atomic E-state index is -4.49. The smallest absolute Gasteiger partial charge is 0.352 e. The fourth-order valence-electron chi connectivity index (χ4n) is 3.20. The molecule has 2 aromatic heterocycles. The fraction of sp³-hybridized carbons (Fsp3) is 0.600. The average Bonchev–Trinajstić information content (AvgIpc) is 3.17. The second-order valence-corrected chi connectivity index (χ2v) is 8.92. The molecule has 3 heterocycles. The molecule has 0 spiro atoms. The van der Waals surface area contributed by atoms with Crippen LogP contribution in [0.15, 0.2) is 16.8 Å². The summed E-state index contributed by atoms with van der Waals surface area (Å²) in [5.41, 5.74) is -1.08. The molecule has 0 aromatic carbocycles. The van der Waals surface area contributed by atoms with Crippen LogP contribution < -0.4 is 4.90 Å². The van der Waals surface area contributed by atoms with E-state index in [2.05, 4.69) is 15.1 Å². The summed E-state index contributed by atoms with van der Waals surface area (Å²) in [6.07, 6.45) is -2.24. The number of carbonyl (C=O) groups excluding carboxylic acids is 1. The summed E-state index contributed by atoms with van der Waals surface area (Å²) < 4.78 is 43.6. The molecule has 1 aliphatic heterocycles. The lowest BCUT2D eigenvalue weighted by Gasteiger charge is -2.36. The number of halogens is 4. The lowest BCUT2D eigenvalue weighted by atomic mass is 9.96. The van der Waals surface area contributed by atoms with Gasteiger partial charge < -0.3 is 14.3 Å². The largest absolute Gasteiger partial charge is 0.417 e. The van der Waals surface area contributed by atoms with Crippen molar-refractivity contribution in [2.45, 2.75) is 51.6 Å². The van der Waals surface area contributed by atoms with Crippen molar-refractivity contribution in [3.05, 3.63) is 34.6 Å². The zero-order valence-corrected chi connectivity index (χ0v) is 18.4. The molecule has 1 amide bonds. The van der Waals surface area contributed by atoms with Crippen LogP contribution in [0.4, 0.5) is 19.0 Å². The molecule has 0 N–H and O–H groups in total. The van der Waals surface area contributed by atoms with E-state index in [-0.39, 0.29) is 16.3 Å². The van der Waals surface area contributed by atoms with Crippen molar-refractivity contribution in [1.82, 2.24) is 20.0 Å². The summed E-state index contributed by atoms with van der Waals surface area (Å²) >= 11 is 6.02. The first-order valence-electron chi connectivity index (χ1n) is 10.0. The minimum Gasteiger partial charge on any atom is -0.352 e. The van der Waals surface area contributed by atoms with Gasteiger partial charge >= 0.3 is 6.18 Å². The van der Waals surface area contributed by atoms with E-state index in [9.17, 15) is 18.0 Å². The van der Waals surface area contributed by atoms with Crippen molar-refractivity contribution in [2.75, 3.05) is 31.1 Å². The van der Waals surface area contributed by atoms with Crippen molar-refractivity contribution < 1.29 is 22.5 Å². The van der Waals surface area contributed by atoms with Crippen LogP contribution in [-0.2, 0) is 22.8 Å². The Hall–Kier alpha value is -2.36. The zero-order chi connectivity index (χ0) is 22.8. The summed E-state index contributed by atoms with van der Waals surface area (Å²) in [4.78, 5) is 24.3. The van der Waals surface area contributed by atoms with Crippen LogP contribution in [0.3, 0.4) is 0 Å². The first-order chi connectivity index (χ1) is 14.4. The van der Waals surface area contributed by atoms with Gasteiger partial charge in [-0.05, 0) is 12.5 Å². The van der Waals surface area contributed by atoms with E-state index in [1.54, 1.807) is 9.80 Å². The van der Waals surface area contributed by atoms with Crippen molar-refractivity contribution in [1.29, 1.82) is 0 Å². The van der Waals surface area contributed by atoms with Crippen LogP contribution in [0, 0.1) is 0 Å². The lowest BCUT2D eigenvalue weighted by Crippen LogP contribution is -2.49. The summed E-state index contributed by atoms with van der Waals surface area (Å²) in [5, 5.41) is 3.92. The molecule has 11 heteroatoms. The van der Waals surface area contributed by atoms with Gasteiger partial charge in [-0.25, -0.2) is 4.98 Å². The molecule has 31 heavy (non-hydrogen) atoms. The molecule has 0 saturated carbocycles. The van der Waals surface area contributed by atoms with Crippen molar-refractivity contribution in [2.24, 2.45) is 0 Å². The molecule has 1 saturated heterocycles. The Morgan fingerprint density at radius 2 is 1.87 bits per heavy atom. The van der Waals surface area contributed by atoms with E-state index in [0.29, 0.717) is 63.0 Å². The first kappa shape index (κ1) is 23.3. The number of anilines is 1. The van der Waals surface area contributed by atoms with Crippen molar-refractivity contribution in [3.63, 3.8) is 0 Å². The third kappa shape index (κ3) is 5.87. The van der Waals surface area contributed by atoms with Crippen LogP contribution >= 0.6 is 11.6 Å². The minimum absolute atomic E-state index is 0.0154. The van der Waals surface area contributed by atoms with Crippen LogP contribution in [0.2, 0.25) is 5.02 Å². The Morgan fingerprint density at radius 3 is 2.42 bits per heavy atom. The Balaban J connectivity index is 1.47. The van der Waals surface area contributed by atoms with Gasteiger partial charge in [-0.3, -0.25) is 4.79 Å². The van der Waals surface area contributed by atoms with E-state index >= 15 is 0 Å². The third-order valence-corrected chi connectivity index (χ3v) is 5.28. The van der Waals surface area contributed by atoms with Gasteiger partial charge in [-0.1, -0.05) is 37.5 Å². The Morgan fingerprint density at radius 1 is 1.19 bits per heavy atom. The number of hydrogen-bond donors (Lipinski definition) is 0. The average molecular weight is 460 g/mol. The van der Waals surface area contributed by atoms with E-state index in [1.165, 1.54) is 0 Å². The van der Waals surface area contributed by atoms with E-state index < -0.39 is 11.7 Å². The summed E-state index contributed by atoms with van der Waals surface area (Å²) in [6.45, 7) is 7.79. The number of aryl methyl sites for hydroxylation is 1. The first-order valence-corrected chi connectivity index (χ1v) is 10.4. The molecule has 0 unspecified atom stereocenters. The number of alkyl halides is 3. The number of nitrogens with zero attached hydrogens (tertiary/aromatic N) is 5. The van der Waals surface area contributed by atoms with Gasteiger partial charge in [0.2, 0.25) is 11.8 Å². The number of aromatic nitrogens is 3. The molecular formula is C20H25ClF3N5O2. The number of carbonyl (C=O) groups is 1. The van der Waals surface area contributed by atoms with Crippen molar-refractivity contribution >= 4 is 23.3 Å². The van der Waals surface area contributed by atoms with Crippen LogP contribution in [-0.4, -0.2) is 52.1 Å². The Bertz CT molecular complexity index is 918. The standard InChI is InChI=1S/C20H25ClF3N5O2/c1-19(2,3)18-26-15(31-27-18)5-4-6-16(30)28-7-9-29(10-8-28)17-14(21)11-13(12-25-17)20(22,23)24/h11-12H,4-10H2,1-3H3. The van der Waals surface area contributed by atoms with Gasteiger partial charge in [0, 0.05) is 50.6 Å². The predicted octanol–water partition coefficient (Wildman–Crippen LogP) is 4.11. The maximum Gasteiger partial charge on any atom is 0.417 e. The number of rotatable bonds is 5. The summed E-state index contributed by atoms with van der Waals surface area (Å²) in [6, 6.07) is 0.879. The van der Waals surface area contributed by atoms with Gasteiger partial charge in [-0.15, -0.1) is 0 Å². The molecule has 2 aromatic rings. The van der Waals surface area contributed by atoms with Crippen LogP contribution in [0.5, 0.6) is 0 Å². The quantitative estimate of drug-likeness (QED) is 0.670. The monoisotopic (exact) mass is 459 g/mol. The highest BCUT2D eigenvalue weighted by Gasteiger charge is 2.32. The van der Waals surface area contributed by atoms with Crippen molar-refractivity contribution in [3.8, 4) is 0 Å². The highest BCUT2D eigenvalue weighted by atomic mass is 35.5. The molecule has 7 nitrogen and oxygen atoms in total. The van der Waals surface area contributed by atoms with Crippen LogP contribution in [0.1, 0.15) is 50.9 Å². The molecule has 0 aliphatic carbocycles. The third-order valence-electron chi connectivity index (χ3n) is 5.00. The molecule has 0 radical (unpaired) electrons. The molecule has 1 aliphatic rings. The fourth-order valence-corrected chi connectivity index (χ4v) is 3.48. The number of hydrogen-bond acceptors (Lipinski definition) is 6. The van der Waals surface area contributed by atoms with Gasteiger partial charge in [-0.2, -0.15) is 18.2 Å². The number of amides is 1. The van der Waals surface area contributed by atoms with E-state index in [0.717, 1.165) is 12.3 Å². The molecule has 1 fully saturated rings. The highest BCUT2D eigenvalue weighted by Crippen LogP contribution is 2.33. The molecule has 0 bridgehead atoms. The lowest BCUT2D eigenvalue weighted by molar-refractivity contribution is -0.137. The number of piperazine rings is 1. The van der Waals surface area contributed by atoms with E-state index in [4.69, 9.17) is 16.1 Å². The van der Waals surface area contributed by atoms with Gasteiger partial charge in [0.25, 0.3) is 0 Å². The second-order valence-electron chi connectivity index (χ2n) is 8.51. The normalized spacial score (nSPS) is 15.5. The summed E-state index contributed by atoms with van der Waals surface area (Å²) in [7, 11) is 0. The SMILES string of the molecule is CC(C)(C)c1noc(CCCC(=O)N2CCN(c3ncc(C(F)(F)F)cc3Cl)CC2)n1. The number of pyridine rings is 1. The molecule has 170 valence electrons. The highest BCUT2D eigenvalue weighted by molar-refractivity contribution is 6.33. The van der Waals surface area contributed by atoms with Gasteiger partial charge in [0.1, 0.15) is 5.82 Å². The Kier molecular flexibility index (Phi) is 6.78. The topological polar surface area (TPSA) is 75.4 Å². The summed E-state index contributed by atoms with van der Waals surface area (Å²) in [5.74, 6) is 1.47. The zero-order valence-electron chi connectivity index (χ0n) is 17.7. The van der Waals surface area contributed by atoms with Crippen LogP contribution in [0.25, 0.3) is 0 Å². The molecule has 0 atom stereocenters. The molecule has 3 rings (SSSR count). The maximum atomic E-state index is 12.8. The van der Waals surface area contributed by atoms with Gasteiger partial charge in [0.15, 0.2) is 5.82 Å². The molecular weight excluding hydrogens is 435 g/mol.